The molecule has 2 aromatic carbocycles. The van der Waals surface area contributed by atoms with Gasteiger partial charge in [-0.1, -0.05) is 89.3 Å². The average Bonchev–Trinajstić information content (AvgIpc) is 2.55. The van der Waals surface area contributed by atoms with Crippen LogP contribution in [0, 0.1) is 0 Å². The van der Waals surface area contributed by atoms with Gasteiger partial charge in [-0.2, -0.15) is 0 Å². The summed E-state index contributed by atoms with van der Waals surface area (Å²) in [6, 6.07) is 19.9. The second-order valence-corrected chi connectivity index (χ2v) is 6.12. The lowest BCUT2D eigenvalue weighted by Gasteiger charge is -2.19. The summed E-state index contributed by atoms with van der Waals surface area (Å²) in [4.78, 5) is 12.3. The summed E-state index contributed by atoms with van der Waals surface area (Å²) in [7, 11) is 0. The fraction of sp³-hybridized carbons (Fsp3) is 0.167. The predicted octanol–water partition coefficient (Wildman–Crippen LogP) is 4.08. The Bertz CT molecular complexity index is 583. The maximum absolute atomic E-state index is 12.3. The largest absolute Gasteiger partial charge is 0.351 e. The highest BCUT2D eigenvalue weighted by atomic mass is 127. The molecule has 0 unspecified atom stereocenters. The first-order valence-electron chi connectivity index (χ1n) is 6.85. The molecule has 0 fully saturated rings. The van der Waals surface area contributed by atoms with Crippen molar-refractivity contribution in [3.05, 3.63) is 84.4 Å². The van der Waals surface area contributed by atoms with Crippen molar-refractivity contribution in [3.8, 4) is 0 Å². The number of hydrogen-bond donors (Lipinski definition) is 1. The van der Waals surface area contributed by atoms with Crippen LogP contribution >= 0.6 is 22.6 Å². The molecule has 0 aliphatic rings. The van der Waals surface area contributed by atoms with E-state index in [0.29, 0.717) is 6.54 Å². The number of alkyl halides is 1. The summed E-state index contributed by atoms with van der Waals surface area (Å²) in [5, 5.41) is 2.99. The van der Waals surface area contributed by atoms with Gasteiger partial charge in [0.25, 0.3) is 0 Å². The lowest BCUT2D eigenvalue weighted by atomic mass is 9.95. The molecule has 21 heavy (non-hydrogen) atoms. The van der Waals surface area contributed by atoms with Crippen LogP contribution in [0.15, 0.2) is 73.3 Å². The molecule has 2 atom stereocenters. The molecule has 1 amide bonds. The van der Waals surface area contributed by atoms with Crippen LogP contribution in [0.25, 0.3) is 0 Å². The molecule has 0 radical (unpaired) electrons. The molecule has 2 aromatic rings. The van der Waals surface area contributed by atoms with Gasteiger partial charge >= 0.3 is 0 Å². The average molecular weight is 391 g/mol. The summed E-state index contributed by atoms with van der Waals surface area (Å²) < 4.78 is -0.175. The van der Waals surface area contributed by atoms with Crippen LogP contribution in [0.5, 0.6) is 0 Å². The third-order valence-electron chi connectivity index (χ3n) is 3.31. The van der Waals surface area contributed by atoms with E-state index in [9.17, 15) is 4.79 Å². The van der Waals surface area contributed by atoms with E-state index in [4.69, 9.17) is 0 Å². The van der Waals surface area contributed by atoms with Crippen LogP contribution in [-0.2, 0) is 11.3 Å². The SMILES string of the molecule is C=C[C@H](c1ccccc1)[C@@H](I)C(=O)NCc1ccccc1. The zero-order valence-electron chi connectivity index (χ0n) is 11.7. The Kier molecular flexibility index (Phi) is 5.99. The molecule has 0 aliphatic heterocycles. The number of hydrogen-bond acceptors (Lipinski definition) is 1. The van der Waals surface area contributed by atoms with Crippen molar-refractivity contribution in [2.24, 2.45) is 0 Å². The van der Waals surface area contributed by atoms with Crippen LogP contribution in [0.4, 0.5) is 0 Å². The lowest BCUT2D eigenvalue weighted by Crippen LogP contribution is -2.33. The molecule has 0 aromatic heterocycles. The number of halogens is 1. The summed E-state index contributed by atoms with van der Waals surface area (Å²) >= 11 is 2.19. The van der Waals surface area contributed by atoms with E-state index in [-0.39, 0.29) is 15.7 Å². The Labute approximate surface area is 139 Å². The summed E-state index contributed by atoms with van der Waals surface area (Å²) in [5.74, 6) is 0.0516. The van der Waals surface area contributed by atoms with E-state index >= 15 is 0 Å². The molecule has 3 heteroatoms. The van der Waals surface area contributed by atoms with E-state index in [1.807, 2.05) is 66.7 Å². The maximum Gasteiger partial charge on any atom is 0.234 e. The highest BCUT2D eigenvalue weighted by molar-refractivity contribution is 14.1. The molecule has 0 heterocycles. The first kappa shape index (κ1) is 15.8. The Morgan fingerprint density at radius 1 is 1.10 bits per heavy atom. The van der Waals surface area contributed by atoms with Crippen LogP contribution in [-0.4, -0.2) is 9.83 Å². The van der Waals surface area contributed by atoms with Gasteiger partial charge in [0.15, 0.2) is 0 Å². The molecule has 1 N–H and O–H groups in total. The number of amides is 1. The third kappa shape index (κ3) is 4.43. The summed E-state index contributed by atoms with van der Waals surface area (Å²) in [5.41, 5.74) is 2.21. The Morgan fingerprint density at radius 3 is 2.24 bits per heavy atom. The van der Waals surface area contributed by atoms with Crippen molar-refractivity contribution in [2.45, 2.75) is 16.4 Å². The van der Waals surface area contributed by atoms with Gasteiger partial charge in [-0.25, -0.2) is 0 Å². The fourth-order valence-corrected chi connectivity index (χ4v) is 3.07. The predicted molar refractivity (Wildman–Crippen MR) is 95.5 cm³/mol. The molecule has 0 saturated carbocycles. The minimum Gasteiger partial charge on any atom is -0.351 e. The highest BCUT2D eigenvalue weighted by Crippen LogP contribution is 2.26. The zero-order chi connectivity index (χ0) is 15.1. The van der Waals surface area contributed by atoms with Gasteiger partial charge in [0, 0.05) is 12.5 Å². The Balaban J connectivity index is 1.99. The Morgan fingerprint density at radius 2 is 1.67 bits per heavy atom. The second-order valence-electron chi connectivity index (χ2n) is 4.78. The molecule has 2 rings (SSSR count). The number of carbonyl (C=O) groups is 1. The number of benzene rings is 2. The van der Waals surface area contributed by atoms with Crippen LogP contribution in [0.1, 0.15) is 17.0 Å². The monoisotopic (exact) mass is 391 g/mol. The minimum absolute atomic E-state index is 0.0163. The number of rotatable bonds is 6. The van der Waals surface area contributed by atoms with Gasteiger partial charge in [-0.3, -0.25) is 4.79 Å². The molecule has 0 spiro atoms. The standard InChI is InChI=1S/C18H18INO/c1-2-16(15-11-7-4-8-12-15)17(19)18(21)20-13-14-9-5-3-6-10-14/h2-12,16-17H,1,13H2,(H,20,21)/t16-,17-/m1/s1. The molecule has 0 saturated heterocycles. The normalized spacial score (nSPS) is 13.2. The van der Waals surface area contributed by atoms with Crippen molar-refractivity contribution < 1.29 is 4.79 Å². The first-order valence-corrected chi connectivity index (χ1v) is 8.10. The van der Waals surface area contributed by atoms with Crippen molar-refractivity contribution in [1.82, 2.24) is 5.32 Å². The summed E-state index contributed by atoms with van der Waals surface area (Å²) in [6.07, 6.45) is 1.84. The van der Waals surface area contributed by atoms with Gasteiger partial charge in [0.05, 0.1) is 3.92 Å². The summed E-state index contributed by atoms with van der Waals surface area (Å²) in [6.45, 7) is 4.43. The highest BCUT2D eigenvalue weighted by Gasteiger charge is 2.24. The quantitative estimate of drug-likeness (QED) is 0.449. The van der Waals surface area contributed by atoms with Crippen LogP contribution in [0.3, 0.4) is 0 Å². The van der Waals surface area contributed by atoms with E-state index in [0.717, 1.165) is 11.1 Å². The molecular formula is C18H18INO. The van der Waals surface area contributed by atoms with Crippen molar-refractivity contribution >= 4 is 28.5 Å². The van der Waals surface area contributed by atoms with E-state index < -0.39 is 0 Å². The smallest absolute Gasteiger partial charge is 0.234 e. The van der Waals surface area contributed by atoms with Gasteiger partial charge in [0.1, 0.15) is 0 Å². The first-order chi connectivity index (χ1) is 10.2. The number of allylic oxidation sites excluding steroid dienone is 1. The van der Waals surface area contributed by atoms with E-state index in [2.05, 4.69) is 34.5 Å². The zero-order valence-corrected chi connectivity index (χ0v) is 13.9. The number of carbonyl (C=O) groups excluding carboxylic acids is 1. The van der Waals surface area contributed by atoms with Crippen molar-refractivity contribution in [2.75, 3.05) is 0 Å². The van der Waals surface area contributed by atoms with E-state index in [1.54, 1.807) is 0 Å². The van der Waals surface area contributed by atoms with Gasteiger partial charge in [0.2, 0.25) is 5.91 Å². The Hall–Kier alpha value is -1.62. The van der Waals surface area contributed by atoms with Crippen LogP contribution in [0.2, 0.25) is 0 Å². The molecule has 2 nitrogen and oxygen atoms in total. The van der Waals surface area contributed by atoms with Gasteiger partial charge < -0.3 is 5.32 Å². The van der Waals surface area contributed by atoms with Gasteiger partial charge in [-0.15, -0.1) is 6.58 Å². The van der Waals surface area contributed by atoms with Gasteiger partial charge in [-0.05, 0) is 11.1 Å². The molecule has 0 bridgehead atoms. The topological polar surface area (TPSA) is 29.1 Å². The maximum atomic E-state index is 12.3. The van der Waals surface area contributed by atoms with E-state index in [1.165, 1.54) is 0 Å². The van der Waals surface area contributed by atoms with Crippen molar-refractivity contribution in [3.63, 3.8) is 0 Å². The molecule has 0 aliphatic carbocycles. The second kappa shape index (κ2) is 7.98. The van der Waals surface area contributed by atoms with Crippen LogP contribution < -0.4 is 5.32 Å². The minimum atomic E-state index is -0.175. The molecule has 108 valence electrons. The number of nitrogens with one attached hydrogen (secondary N) is 1. The molecular weight excluding hydrogens is 373 g/mol. The van der Waals surface area contributed by atoms with Crippen molar-refractivity contribution in [1.29, 1.82) is 0 Å². The third-order valence-corrected chi connectivity index (χ3v) is 4.65. The fourth-order valence-electron chi connectivity index (χ4n) is 2.15. The lowest BCUT2D eigenvalue weighted by molar-refractivity contribution is -0.120.